The van der Waals surface area contributed by atoms with Gasteiger partial charge in [0.1, 0.15) is 0 Å². The van der Waals surface area contributed by atoms with Crippen LogP contribution in [0.15, 0.2) is 36.4 Å². The highest BCUT2D eigenvalue weighted by molar-refractivity contribution is 5.27. The summed E-state index contributed by atoms with van der Waals surface area (Å²) in [6.07, 6.45) is 10.2. The van der Waals surface area contributed by atoms with Gasteiger partial charge in [0.2, 0.25) is 0 Å². The van der Waals surface area contributed by atoms with Crippen molar-refractivity contribution in [1.29, 1.82) is 0 Å². The molecule has 1 aliphatic rings. The van der Waals surface area contributed by atoms with E-state index in [0.29, 0.717) is 18.8 Å². The third kappa shape index (κ3) is 5.15. The first-order valence-corrected chi connectivity index (χ1v) is 10.3. The molecule has 3 rings (SSSR count). The molecule has 2 aromatic rings. The zero-order valence-corrected chi connectivity index (χ0v) is 16.1. The van der Waals surface area contributed by atoms with Crippen LogP contribution in [0.5, 0.6) is 0 Å². The molecule has 0 aliphatic heterocycles. The summed E-state index contributed by atoms with van der Waals surface area (Å²) in [5, 5.41) is 0. The Morgan fingerprint density at radius 1 is 0.815 bits per heavy atom. The highest BCUT2D eigenvalue weighted by Gasteiger charge is 2.22. The summed E-state index contributed by atoms with van der Waals surface area (Å²) < 4.78 is 40.1. The van der Waals surface area contributed by atoms with E-state index in [9.17, 15) is 13.2 Å². The van der Waals surface area contributed by atoms with Gasteiger partial charge in [0.15, 0.2) is 17.5 Å². The second-order valence-corrected chi connectivity index (χ2v) is 7.94. The highest BCUT2D eigenvalue weighted by Crippen LogP contribution is 2.37. The molecule has 0 radical (unpaired) electrons. The fourth-order valence-electron chi connectivity index (χ4n) is 4.27. The Hall–Kier alpha value is -1.77. The Balaban J connectivity index is 1.53. The Labute approximate surface area is 160 Å². The van der Waals surface area contributed by atoms with Crippen LogP contribution in [0, 0.1) is 23.4 Å². The molecule has 27 heavy (non-hydrogen) atoms. The molecule has 0 spiro atoms. The Bertz CT molecular complexity index is 728. The number of benzene rings is 2. The van der Waals surface area contributed by atoms with E-state index in [4.69, 9.17) is 0 Å². The minimum atomic E-state index is -1.38. The fraction of sp³-hybridized carbons (Fsp3) is 0.500. The average Bonchev–Trinajstić information content (AvgIpc) is 2.71. The lowest BCUT2D eigenvalue weighted by Crippen LogP contribution is -2.13. The van der Waals surface area contributed by atoms with Gasteiger partial charge in [-0.2, -0.15) is 0 Å². The van der Waals surface area contributed by atoms with E-state index in [2.05, 4.69) is 31.2 Å². The van der Waals surface area contributed by atoms with Crippen molar-refractivity contribution in [3.63, 3.8) is 0 Å². The second-order valence-electron chi connectivity index (χ2n) is 7.94. The van der Waals surface area contributed by atoms with Crippen LogP contribution in [0.25, 0.3) is 0 Å². The van der Waals surface area contributed by atoms with Crippen molar-refractivity contribution in [3.05, 3.63) is 70.5 Å². The molecular formula is C24H29F3. The molecule has 1 saturated carbocycles. The van der Waals surface area contributed by atoms with Gasteiger partial charge in [0.05, 0.1) is 0 Å². The van der Waals surface area contributed by atoms with Gasteiger partial charge < -0.3 is 0 Å². The van der Waals surface area contributed by atoms with Gasteiger partial charge >= 0.3 is 0 Å². The lowest BCUT2D eigenvalue weighted by atomic mass is 9.77. The SMILES string of the molecule is CCCC[C@H]1CC[C@H](c2ccc(CCc3ccc(F)c(F)c3F)cc2)CC1. The van der Waals surface area contributed by atoms with Gasteiger partial charge in [0.25, 0.3) is 0 Å². The molecule has 0 bridgehead atoms. The second kappa shape index (κ2) is 9.43. The summed E-state index contributed by atoms with van der Waals surface area (Å²) in [4.78, 5) is 0. The van der Waals surface area contributed by atoms with Crippen LogP contribution in [-0.4, -0.2) is 0 Å². The predicted molar refractivity (Wildman–Crippen MR) is 104 cm³/mol. The third-order valence-corrected chi connectivity index (χ3v) is 6.06. The topological polar surface area (TPSA) is 0 Å². The van der Waals surface area contributed by atoms with Gasteiger partial charge in [-0.05, 0) is 73.1 Å². The first-order valence-electron chi connectivity index (χ1n) is 10.3. The highest BCUT2D eigenvalue weighted by atomic mass is 19.2. The maximum atomic E-state index is 13.8. The number of halogens is 3. The fourth-order valence-corrected chi connectivity index (χ4v) is 4.27. The monoisotopic (exact) mass is 374 g/mol. The molecule has 2 aromatic carbocycles. The van der Waals surface area contributed by atoms with Crippen molar-refractivity contribution in [1.82, 2.24) is 0 Å². The largest absolute Gasteiger partial charge is 0.204 e. The maximum absolute atomic E-state index is 13.8. The zero-order valence-electron chi connectivity index (χ0n) is 16.1. The number of rotatable bonds is 7. The first kappa shape index (κ1) is 20.0. The minimum Gasteiger partial charge on any atom is -0.204 e. The van der Waals surface area contributed by atoms with Crippen LogP contribution in [-0.2, 0) is 12.8 Å². The smallest absolute Gasteiger partial charge is 0.194 e. The normalized spacial score (nSPS) is 20.0. The number of aryl methyl sites for hydroxylation is 2. The molecule has 0 unspecified atom stereocenters. The number of hydrogen-bond donors (Lipinski definition) is 0. The van der Waals surface area contributed by atoms with E-state index < -0.39 is 17.5 Å². The molecule has 0 heterocycles. The quantitative estimate of drug-likeness (QED) is 0.444. The first-order chi connectivity index (χ1) is 13.1. The molecule has 0 amide bonds. The van der Waals surface area contributed by atoms with Crippen molar-refractivity contribution in [2.24, 2.45) is 5.92 Å². The van der Waals surface area contributed by atoms with E-state index in [0.717, 1.165) is 17.5 Å². The number of hydrogen-bond acceptors (Lipinski definition) is 0. The van der Waals surface area contributed by atoms with Gasteiger partial charge in [0, 0.05) is 0 Å². The van der Waals surface area contributed by atoms with E-state index in [-0.39, 0.29) is 5.56 Å². The van der Waals surface area contributed by atoms with Crippen LogP contribution in [0.1, 0.15) is 74.5 Å². The van der Waals surface area contributed by atoms with Crippen LogP contribution in [0.4, 0.5) is 13.2 Å². The minimum absolute atomic E-state index is 0.225. The lowest BCUT2D eigenvalue weighted by molar-refractivity contribution is 0.304. The summed E-state index contributed by atoms with van der Waals surface area (Å²) in [6.45, 7) is 2.26. The van der Waals surface area contributed by atoms with E-state index in [1.165, 1.54) is 56.6 Å². The van der Waals surface area contributed by atoms with Gasteiger partial charge in [-0.25, -0.2) is 13.2 Å². The summed E-state index contributed by atoms with van der Waals surface area (Å²) in [5.41, 5.74) is 2.72. The Kier molecular flexibility index (Phi) is 6.98. The lowest BCUT2D eigenvalue weighted by Gasteiger charge is -2.29. The zero-order chi connectivity index (χ0) is 19.2. The molecule has 146 valence electrons. The molecule has 1 fully saturated rings. The molecule has 0 saturated heterocycles. The summed E-state index contributed by atoms with van der Waals surface area (Å²) in [7, 11) is 0. The molecule has 0 atom stereocenters. The van der Waals surface area contributed by atoms with Gasteiger partial charge in [-0.1, -0.05) is 56.5 Å². The van der Waals surface area contributed by atoms with Crippen molar-refractivity contribution >= 4 is 0 Å². The molecule has 0 N–H and O–H groups in total. The van der Waals surface area contributed by atoms with Crippen LogP contribution < -0.4 is 0 Å². The predicted octanol–water partition coefficient (Wildman–Crippen LogP) is 7.35. The Morgan fingerprint density at radius 2 is 1.52 bits per heavy atom. The van der Waals surface area contributed by atoms with Crippen molar-refractivity contribution in [3.8, 4) is 0 Å². The maximum Gasteiger partial charge on any atom is 0.194 e. The van der Waals surface area contributed by atoms with Crippen LogP contribution in [0.2, 0.25) is 0 Å². The van der Waals surface area contributed by atoms with Gasteiger partial charge in [-0.15, -0.1) is 0 Å². The third-order valence-electron chi connectivity index (χ3n) is 6.06. The molecule has 0 aromatic heterocycles. The van der Waals surface area contributed by atoms with E-state index in [1.54, 1.807) is 0 Å². The van der Waals surface area contributed by atoms with Crippen LogP contribution in [0.3, 0.4) is 0 Å². The van der Waals surface area contributed by atoms with Crippen molar-refractivity contribution in [2.75, 3.05) is 0 Å². The van der Waals surface area contributed by atoms with E-state index >= 15 is 0 Å². The number of unbranched alkanes of at least 4 members (excludes halogenated alkanes) is 1. The molecule has 0 nitrogen and oxygen atoms in total. The Morgan fingerprint density at radius 3 is 2.19 bits per heavy atom. The summed E-state index contributed by atoms with van der Waals surface area (Å²) in [6, 6.07) is 10.9. The molecular weight excluding hydrogens is 345 g/mol. The van der Waals surface area contributed by atoms with Gasteiger partial charge in [-0.3, -0.25) is 0 Å². The van der Waals surface area contributed by atoms with Crippen molar-refractivity contribution < 1.29 is 13.2 Å². The van der Waals surface area contributed by atoms with E-state index in [1.807, 2.05) is 0 Å². The summed E-state index contributed by atoms with van der Waals surface area (Å²) in [5.74, 6) is -2.01. The van der Waals surface area contributed by atoms with Crippen molar-refractivity contribution in [2.45, 2.75) is 70.6 Å². The average molecular weight is 374 g/mol. The standard InChI is InChI=1S/C24H29F3/c1-2-3-4-17-5-10-19(11-6-17)20-12-7-18(8-13-20)9-14-21-15-16-22(25)24(27)23(21)26/h7-8,12-13,15-17,19H,2-6,9-11,14H2,1H3/t17-,19-. The molecule has 3 heteroatoms. The molecule has 1 aliphatic carbocycles. The summed E-state index contributed by atoms with van der Waals surface area (Å²) >= 11 is 0. The van der Waals surface area contributed by atoms with Crippen LogP contribution >= 0.6 is 0 Å².